The lowest BCUT2D eigenvalue weighted by atomic mass is 9.82. The third-order valence-corrected chi connectivity index (χ3v) is 7.34. The van der Waals surface area contributed by atoms with Gasteiger partial charge in [0.1, 0.15) is 0 Å². The van der Waals surface area contributed by atoms with E-state index in [9.17, 15) is 0 Å². The molecular formula is C33H29N. The molecule has 4 aromatic rings. The van der Waals surface area contributed by atoms with Crippen molar-refractivity contribution < 1.29 is 0 Å². The molecule has 0 saturated carbocycles. The summed E-state index contributed by atoms with van der Waals surface area (Å²) in [5.41, 5.74) is 13.1. The molecular weight excluding hydrogens is 410 g/mol. The van der Waals surface area contributed by atoms with E-state index in [1.54, 1.807) is 0 Å². The molecule has 0 radical (unpaired) electrons. The fourth-order valence-electron chi connectivity index (χ4n) is 5.48. The summed E-state index contributed by atoms with van der Waals surface area (Å²) in [5, 5.41) is 3.63. The summed E-state index contributed by atoms with van der Waals surface area (Å²) >= 11 is 0. The van der Waals surface area contributed by atoms with Gasteiger partial charge in [-0.3, -0.25) is 0 Å². The smallest absolute Gasteiger partial charge is 0.0387 e. The molecule has 1 heteroatoms. The molecule has 166 valence electrons. The first kappa shape index (κ1) is 20.7. The zero-order valence-corrected chi connectivity index (χ0v) is 19.8. The van der Waals surface area contributed by atoms with Crippen LogP contribution >= 0.6 is 0 Å². The number of hydrogen-bond acceptors (Lipinski definition) is 1. The first-order valence-electron chi connectivity index (χ1n) is 12.2. The van der Waals surface area contributed by atoms with Gasteiger partial charge in [0, 0.05) is 16.8 Å². The molecule has 0 unspecified atom stereocenters. The van der Waals surface area contributed by atoms with Crippen LogP contribution in [0.3, 0.4) is 0 Å². The molecule has 4 aromatic carbocycles. The van der Waals surface area contributed by atoms with Crippen molar-refractivity contribution in [3.05, 3.63) is 131 Å². The fourth-order valence-corrected chi connectivity index (χ4v) is 5.48. The van der Waals surface area contributed by atoms with Gasteiger partial charge in [0.05, 0.1) is 0 Å². The summed E-state index contributed by atoms with van der Waals surface area (Å²) in [5.74, 6) is 0. The van der Waals surface area contributed by atoms with Crippen molar-refractivity contribution in [1.82, 2.24) is 0 Å². The largest absolute Gasteiger partial charge is 0.356 e. The van der Waals surface area contributed by atoms with E-state index in [1.807, 2.05) is 0 Å². The Kier molecular flexibility index (Phi) is 4.99. The molecule has 1 N–H and O–H groups in total. The van der Waals surface area contributed by atoms with E-state index >= 15 is 0 Å². The van der Waals surface area contributed by atoms with Gasteiger partial charge >= 0.3 is 0 Å². The first-order chi connectivity index (χ1) is 16.6. The number of rotatable bonds is 4. The minimum absolute atomic E-state index is 0.0176. The maximum atomic E-state index is 3.63. The number of benzene rings is 4. The minimum atomic E-state index is 0.0176. The molecule has 0 bridgehead atoms. The molecule has 0 aliphatic heterocycles. The van der Waals surface area contributed by atoms with Crippen molar-refractivity contribution in [1.29, 1.82) is 0 Å². The molecule has 0 heterocycles. The number of allylic oxidation sites excluding steroid dienone is 4. The van der Waals surface area contributed by atoms with Crippen LogP contribution in [-0.2, 0) is 5.41 Å². The van der Waals surface area contributed by atoms with E-state index in [2.05, 4.69) is 128 Å². The third kappa shape index (κ3) is 3.58. The third-order valence-electron chi connectivity index (χ3n) is 7.34. The summed E-state index contributed by atoms with van der Waals surface area (Å²) in [6.07, 6.45) is 6.89. The predicted molar refractivity (Wildman–Crippen MR) is 145 cm³/mol. The van der Waals surface area contributed by atoms with Crippen LogP contribution in [0.5, 0.6) is 0 Å². The Morgan fingerprint density at radius 2 is 1.35 bits per heavy atom. The standard InChI is InChI=1S/C33H29N/c1-33(2)31-14-7-6-13-29(31)30-20-19-28(22-32(30)33)34-27-17-15-24(16-18-27)26-12-8-11-25(21-26)23-9-4-3-5-10-23/h3-7,9-10,12-22,34H,8,11H2,1-2H3. The normalized spacial score (nSPS) is 15.7. The summed E-state index contributed by atoms with van der Waals surface area (Å²) in [6, 6.07) is 35.1. The Hall–Kier alpha value is -3.84. The van der Waals surface area contributed by atoms with E-state index in [0.717, 1.165) is 24.2 Å². The Morgan fingerprint density at radius 3 is 2.18 bits per heavy atom. The molecule has 2 aliphatic carbocycles. The Bertz CT molecular complexity index is 1420. The van der Waals surface area contributed by atoms with E-state index in [0.29, 0.717) is 0 Å². The van der Waals surface area contributed by atoms with Crippen molar-refractivity contribution in [3.8, 4) is 11.1 Å². The average Bonchev–Trinajstić information content (AvgIpc) is 3.12. The second-order valence-electron chi connectivity index (χ2n) is 9.87. The maximum absolute atomic E-state index is 3.63. The van der Waals surface area contributed by atoms with Crippen LogP contribution in [0.2, 0.25) is 0 Å². The van der Waals surface area contributed by atoms with E-state index in [4.69, 9.17) is 0 Å². The topological polar surface area (TPSA) is 12.0 Å². The highest BCUT2D eigenvalue weighted by Gasteiger charge is 2.35. The van der Waals surface area contributed by atoms with Gasteiger partial charge in [-0.15, -0.1) is 0 Å². The maximum Gasteiger partial charge on any atom is 0.0387 e. The molecule has 0 atom stereocenters. The molecule has 34 heavy (non-hydrogen) atoms. The molecule has 0 aromatic heterocycles. The van der Waals surface area contributed by atoms with Crippen molar-refractivity contribution in [2.24, 2.45) is 0 Å². The monoisotopic (exact) mass is 439 g/mol. The highest BCUT2D eigenvalue weighted by molar-refractivity contribution is 5.86. The zero-order valence-electron chi connectivity index (χ0n) is 19.8. The molecule has 0 fully saturated rings. The Morgan fingerprint density at radius 1 is 0.647 bits per heavy atom. The second-order valence-corrected chi connectivity index (χ2v) is 9.87. The number of anilines is 2. The molecule has 2 aliphatic rings. The number of fused-ring (bicyclic) bond motifs is 3. The highest BCUT2D eigenvalue weighted by Crippen LogP contribution is 2.49. The summed E-state index contributed by atoms with van der Waals surface area (Å²) in [6.45, 7) is 4.65. The minimum Gasteiger partial charge on any atom is -0.356 e. The van der Waals surface area contributed by atoms with Crippen molar-refractivity contribution in [2.45, 2.75) is 32.1 Å². The zero-order chi connectivity index (χ0) is 23.1. The lowest BCUT2D eigenvalue weighted by Crippen LogP contribution is -2.15. The van der Waals surface area contributed by atoms with Crippen LogP contribution in [0.15, 0.2) is 109 Å². The fraction of sp³-hybridized carbons (Fsp3) is 0.152. The summed E-state index contributed by atoms with van der Waals surface area (Å²) < 4.78 is 0. The Labute approximate surface area is 202 Å². The lowest BCUT2D eigenvalue weighted by Gasteiger charge is -2.22. The van der Waals surface area contributed by atoms with Crippen LogP contribution in [0, 0.1) is 0 Å². The highest BCUT2D eigenvalue weighted by atomic mass is 14.9. The quantitative estimate of drug-likeness (QED) is 0.334. The predicted octanol–water partition coefficient (Wildman–Crippen LogP) is 9.00. The molecule has 0 saturated heterocycles. The molecule has 0 amide bonds. The van der Waals surface area contributed by atoms with Gasteiger partial charge in [-0.1, -0.05) is 98.8 Å². The van der Waals surface area contributed by atoms with Gasteiger partial charge in [-0.25, -0.2) is 0 Å². The van der Waals surface area contributed by atoms with Gasteiger partial charge < -0.3 is 5.32 Å². The van der Waals surface area contributed by atoms with Crippen molar-refractivity contribution in [2.75, 3.05) is 5.32 Å². The lowest BCUT2D eigenvalue weighted by molar-refractivity contribution is 0.660. The van der Waals surface area contributed by atoms with Gasteiger partial charge in [0.15, 0.2) is 0 Å². The first-order valence-corrected chi connectivity index (χ1v) is 12.2. The second kappa shape index (κ2) is 8.18. The van der Waals surface area contributed by atoms with Crippen LogP contribution in [-0.4, -0.2) is 0 Å². The van der Waals surface area contributed by atoms with Gasteiger partial charge in [0.2, 0.25) is 0 Å². The van der Waals surface area contributed by atoms with Gasteiger partial charge in [-0.05, 0) is 81.6 Å². The van der Waals surface area contributed by atoms with Gasteiger partial charge in [-0.2, -0.15) is 0 Å². The summed E-state index contributed by atoms with van der Waals surface area (Å²) in [7, 11) is 0. The Balaban J connectivity index is 1.23. The van der Waals surface area contributed by atoms with Crippen LogP contribution in [0.25, 0.3) is 22.3 Å². The number of hydrogen-bond donors (Lipinski definition) is 1. The van der Waals surface area contributed by atoms with Crippen LogP contribution < -0.4 is 5.32 Å². The SMILES string of the molecule is CC1(C)c2ccccc2-c2ccc(Nc3ccc(C4=CCCC(c5ccccc5)=C4)cc3)cc21. The molecule has 6 rings (SSSR count). The molecule has 0 spiro atoms. The van der Waals surface area contributed by atoms with Crippen LogP contribution in [0.4, 0.5) is 11.4 Å². The van der Waals surface area contributed by atoms with E-state index in [-0.39, 0.29) is 5.41 Å². The average molecular weight is 440 g/mol. The molecule has 1 nitrogen and oxygen atoms in total. The van der Waals surface area contributed by atoms with Crippen LogP contribution in [0.1, 0.15) is 48.9 Å². The van der Waals surface area contributed by atoms with Crippen molar-refractivity contribution in [3.63, 3.8) is 0 Å². The van der Waals surface area contributed by atoms with E-state index < -0.39 is 0 Å². The van der Waals surface area contributed by atoms with Crippen molar-refractivity contribution >= 4 is 22.5 Å². The van der Waals surface area contributed by atoms with Gasteiger partial charge in [0.25, 0.3) is 0 Å². The van der Waals surface area contributed by atoms with E-state index in [1.165, 1.54) is 44.5 Å². The number of nitrogens with one attached hydrogen (secondary N) is 1. The summed E-state index contributed by atoms with van der Waals surface area (Å²) in [4.78, 5) is 0.